The van der Waals surface area contributed by atoms with Gasteiger partial charge in [0.1, 0.15) is 0 Å². The lowest BCUT2D eigenvalue weighted by Crippen LogP contribution is -2.19. The summed E-state index contributed by atoms with van der Waals surface area (Å²) in [4.78, 5) is 15.1. The first-order valence-electron chi connectivity index (χ1n) is 4.83. The van der Waals surface area contributed by atoms with Gasteiger partial charge >= 0.3 is 0 Å². The molecule has 1 aromatic heterocycles. The van der Waals surface area contributed by atoms with Crippen LogP contribution in [0.25, 0.3) is 0 Å². The van der Waals surface area contributed by atoms with Crippen molar-refractivity contribution in [2.75, 3.05) is 0 Å². The third kappa shape index (κ3) is 1.12. The number of H-pyrrole nitrogens is 1. The predicted molar refractivity (Wildman–Crippen MR) is 52.1 cm³/mol. The molecule has 1 aromatic rings. The number of Topliss-reactive ketones (excluding diaryl/α,β-unsaturated/α-hetero) is 1. The Labute approximate surface area is 78.4 Å². The number of hydrogen-bond donors (Lipinski definition) is 1. The van der Waals surface area contributed by atoms with Gasteiger partial charge in [0.25, 0.3) is 0 Å². The quantitative estimate of drug-likeness (QED) is 0.648. The molecule has 1 unspecified atom stereocenters. The number of aromatic nitrogens is 1. The number of aryl methyl sites for hydroxylation is 2. The molecule has 1 N–H and O–H groups in total. The third-order valence-electron chi connectivity index (χ3n) is 3.10. The predicted octanol–water partition coefficient (Wildman–Crippen LogP) is 2.40. The minimum atomic E-state index is 0.210. The maximum atomic E-state index is 11.8. The third-order valence-corrected chi connectivity index (χ3v) is 3.10. The first-order valence-corrected chi connectivity index (χ1v) is 4.83. The molecular weight excluding hydrogens is 162 g/mol. The largest absolute Gasteiger partial charge is 0.362 e. The van der Waals surface area contributed by atoms with E-state index in [0.717, 1.165) is 35.4 Å². The van der Waals surface area contributed by atoms with Crippen molar-refractivity contribution in [3.8, 4) is 0 Å². The van der Waals surface area contributed by atoms with Gasteiger partial charge in [-0.1, -0.05) is 6.92 Å². The molecule has 0 spiro atoms. The number of hydrogen-bond acceptors (Lipinski definition) is 1. The first kappa shape index (κ1) is 8.54. The van der Waals surface area contributed by atoms with E-state index in [1.165, 1.54) is 0 Å². The molecule has 2 nitrogen and oxygen atoms in total. The molecule has 0 saturated carbocycles. The summed E-state index contributed by atoms with van der Waals surface area (Å²) in [5, 5.41) is 0. The number of carbonyl (C=O) groups excluding carboxylic acids is 1. The van der Waals surface area contributed by atoms with Crippen LogP contribution in [0.5, 0.6) is 0 Å². The van der Waals surface area contributed by atoms with E-state index in [9.17, 15) is 4.79 Å². The summed E-state index contributed by atoms with van der Waals surface area (Å²) in [7, 11) is 0. The van der Waals surface area contributed by atoms with Crippen LogP contribution in [0.3, 0.4) is 0 Å². The van der Waals surface area contributed by atoms with Crippen molar-refractivity contribution in [2.24, 2.45) is 5.92 Å². The lowest BCUT2D eigenvalue weighted by Gasteiger charge is -2.17. The van der Waals surface area contributed by atoms with Crippen molar-refractivity contribution in [3.05, 3.63) is 22.5 Å². The summed E-state index contributed by atoms with van der Waals surface area (Å²) in [5.41, 5.74) is 4.41. The molecule has 70 valence electrons. The molecule has 0 bridgehead atoms. The summed E-state index contributed by atoms with van der Waals surface area (Å²) < 4.78 is 0. The smallest absolute Gasteiger partial charge is 0.167 e. The maximum Gasteiger partial charge on any atom is 0.167 e. The van der Waals surface area contributed by atoms with Crippen molar-refractivity contribution in [1.82, 2.24) is 4.98 Å². The Morgan fingerprint density at radius 1 is 1.38 bits per heavy atom. The molecule has 2 rings (SSSR count). The summed E-state index contributed by atoms with van der Waals surface area (Å²) in [6.45, 7) is 6.08. The van der Waals surface area contributed by atoms with Crippen molar-refractivity contribution >= 4 is 5.78 Å². The van der Waals surface area contributed by atoms with Crippen molar-refractivity contribution in [3.63, 3.8) is 0 Å². The molecule has 1 aliphatic rings. The van der Waals surface area contributed by atoms with Gasteiger partial charge in [-0.15, -0.1) is 0 Å². The molecule has 1 atom stereocenters. The van der Waals surface area contributed by atoms with Gasteiger partial charge in [0, 0.05) is 22.9 Å². The molecule has 0 saturated heterocycles. The number of fused-ring (bicyclic) bond motifs is 1. The highest BCUT2D eigenvalue weighted by molar-refractivity contribution is 6.01. The van der Waals surface area contributed by atoms with Crippen LogP contribution in [0.4, 0.5) is 0 Å². The standard InChI is InChI=1S/C11H15NO/c1-6-4-5-9-10(11(6)13)7(2)8(3)12-9/h6,12H,4-5H2,1-3H3. The lowest BCUT2D eigenvalue weighted by molar-refractivity contribution is 0.0913. The fourth-order valence-electron chi connectivity index (χ4n) is 2.06. The van der Waals surface area contributed by atoms with E-state index in [4.69, 9.17) is 0 Å². The Hall–Kier alpha value is -1.05. The van der Waals surface area contributed by atoms with Crippen LogP contribution in [0.15, 0.2) is 0 Å². The monoisotopic (exact) mass is 177 g/mol. The molecule has 2 heteroatoms. The highest BCUT2D eigenvalue weighted by Gasteiger charge is 2.27. The minimum absolute atomic E-state index is 0.210. The fourth-order valence-corrected chi connectivity index (χ4v) is 2.06. The van der Waals surface area contributed by atoms with E-state index in [-0.39, 0.29) is 5.92 Å². The first-order chi connectivity index (χ1) is 6.11. The maximum absolute atomic E-state index is 11.8. The second kappa shape index (κ2) is 2.72. The van der Waals surface area contributed by atoms with Crippen LogP contribution in [0, 0.1) is 19.8 Å². The summed E-state index contributed by atoms with van der Waals surface area (Å²) >= 11 is 0. The summed E-state index contributed by atoms with van der Waals surface area (Å²) in [6, 6.07) is 0. The van der Waals surface area contributed by atoms with Gasteiger partial charge in [-0.05, 0) is 32.3 Å². The Balaban J connectivity index is 2.58. The molecule has 0 aliphatic heterocycles. The van der Waals surface area contributed by atoms with Gasteiger partial charge in [0.2, 0.25) is 0 Å². The topological polar surface area (TPSA) is 32.9 Å². The van der Waals surface area contributed by atoms with Crippen LogP contribution in [-0.4, -0.2) is 10.8 Å². The molecule has 1 aliphatic carbocycles. The second-order valence-electron chi connectivity index (χ2n) is 4.03. The van der Waals surface area contributed by atoms with Gasteiger partial charge in [-0.2, -0.15) is 0 Å². The van der Waals surface area contributed by atoms with E-state index in [1.54, 1.807) is 0 Å². The average Bonchev–Trinajstić information content (AvgIpc) is 2.37. The molecule has 1 heterocycles. The average molecular weight is 177 g/mol. The van der Waals surface area contributed by atoms with E-state index in [0.29, 0.717) is 5.78 Å². The van der Waals surface area contributed by atoms with Crippen LogP contribution >= 0.6 is 0 Å². The highest BCUT2D eigenvalue weighted by Crippen LogP contribution is 2.28. The van der Waals surface area contributed by atoms with Crippen molar-refractivity contribution in [1.29, 1.82) is 0 Å². The lowest BCUT2D eigenvalue weighted by atomic mass is 9.86. The van der Waals surface area contributed by atoms with E-state index < -0.39 is 0 Å². The van der Waals surface area contributed by atoms with Gasteiger partial charge in [-0.3, -0.25) is 4.79 Å². The van der Waals surface area contributed by atoms with Gasteiger partial charge in [0.15, 0.2) is 5.78 Å². The van der Waals surface area contributed by atoms with Crippen LogP contribution in [0.1, 0.15) is 40.7 Å². The number of aromatic amines is 1. The zero-order chi connectivity index (χ0) is 9.59. The summed E-state index contributed by atoms with van der Waals surface area (Å²) in [5.74, 6) is 0.532. The van der Waals surface area contributed by atoms with Gasteiger partial charge in [0.05, 0.1) is 0 Å². The molecule has 0 aromatic carbocycles. The van der Waals surface area contributed by atoms with Crippen LogP contribution in [0.2, 0.25) is 0 Å². The van der Waals surface area contributed by atoms with E-state index in [1.807, 2.05) is 20.8 Å². The molecule has 0 amide bonds. The van der Waals surface area contributed by atoms with Crippen molar-refractivity contribution < 1.29 is 4.79 Å². The Morgan fingerprint density at radius 2 is 2.08 bits per heavy atom. The normalized spacial score (nSPS) is 21.8. The zero-order valence-corrected chi connectivity index (χ0v) is 8.40. The Morgan fingerprint density at radius 3 is 2.77 bits per heavy atom. The van der Waals surface area contributed by atoms with E-state index in [2.05, 4.69) is 4.98 Å². The number of carbonyl (C=O) groups is 1. The SMILES string of the molecule is Cc1[nH]c2c(c1C)C(=O)C(C)CC2. The highest BCUT2D eigenvalue weighted by atomic mass is 16.1. The molecule has 13 heavy (non-hydrogen) atoms. The Kier molecular flexibility index (Phi) is 1.79. The van der Waals surface area contributed by atoms with Crippen molar-refractivity contribution in [2.45, 2.75) is 33.6 Å². The Bertz CT molecular complexity index is 362. The molecule has 0 fully saturated rings. The number of rotatable bonds is 0. The number of ketones is 1. The van der Waals surface area contributed by atoms with Crippen LogP contribution < -0.4 is 0 Å². The van der Waals surface area contributed by atoms with Gasteiger partial charge in [-0.25, -0.2) is 0 Å². The number of nitrogens with one attached hydrogen (secondary N) is 1. The van der Waals surface area contributed by atoms with Gasteiger partial charge < -0.3 is 4.98 Å². The fraction of sp³-hybridized carbons (Fsp3) is 0.545. The van der Waals surface area contributed by atoms with E-state index >= 15 is 0 Å². The second-order valence-corrected chi connectivity index (χ2v) is 4.03. The summed E-state index contributed by atoms with van der Waals surface area (Å²) in [6.07, 6.45) is 2.02. The zero-order valence-electron chi connectivity index (χ0n) is 8.40. The minimum Gasteiger partial charge on any atom is -0.362 e. The molecular formula is C11H15NO. The molecule has 0 radical (unpaired) electrons. The van der Waals surface area contributed by atoms with Crippen LogP contribution in [-0.2, 0) is 6.42 Å².